The molecule has 0 atom stereocenters. The molecule has 1 aromatic heterocycles. The maximum absolute atomic E-state index is 13.2. The van der Waals surface area contributed by atoms with E-state index in [0.29, 0.717) is 16.3 Å². The Balaban J connectivity index is 1.60. The lowest BCUT2D eigenvalue weighted by molar-refractivity contribution is -0.113. The average molecular weight is 378 g/mol. The molecule has 0 radical (unpaired) electrons. The van der Waals surface area contributed by atoms with Crippen LogP contribution in [0.5, 0.6) is 0 Å². The van der Waals surface area contributed by atoms with Crippen LogP contribution in [0.25, 0.3) is 11.5 Å². The summed E-state index contributed by atoms with van der Waals surface area (Å²) in [6, 6.07) is 11.2. The van der Waals surface area contributed by atoms with Crippen LogP contribution in [0.1, 0.15) is 5.56 Å². The minimum Gasteiger partial charge on any atom is -0.411 e. The van der Waals surface area contributed by atoms with Gasteiger partial charge in [0.2, 0.25) is 11.8 Å². The van der Waals surface area contributed by atoms with E-state index < -0.39 is 0 Å². The molecule has 3 rings (SSSR count). The van der Waals surface area contributed by atoms with Gasteiger partial charge in [-0.25, -0.2) is 4.39 Å². The summed E-state index contributed by atoms with van der Waals surface area (Å²) in [5, 5.41) is 11.3. The smallest absolute Gasteiger partial charge is 0.277 e. The second kappa shape index (κ2) is 7.67. The fourth-order valence-electron chi connectivity index (χ4n) is 2.06. The van der Waals surface area contributed by atoms with Crippen LogP contribution in [0.4, 0.5) is 10.1 Å². The lowest BCUT2D eigenvalue weighted by Crippen LogP contribution is -2.14. The largest absolute Gasteiger partial charge is 0.411 e. The molecule has 0 bridgehead atoms. The molecule has 0 fully saturated rings. The number of halogens is 2. The number of hydrogen-bond acceptors (Lipinski definition) is 5. The first kappa shape index (κ1) is 17.4. The third-order valence-electron chi connectivity index (χ3n) is 3.35. The van der Waals surface area contributed by atoms with Crippen molar-refractivity contribution in [2.45, 2.75) is 12.1 Å². The van der Waals surface area contributed by atoms with Crippen LogP contribution in [-0.2, 0) is 4.79 Å². The number of thioether (sulfide) groups is 1. The summed E-state index contributed by atoms with van der Waals surface area (Å²) in [6.07, 6.45) is 0. The highest BCUT2D eigenvalue weighted by Crippen LogP contribution is 2.25. The van der Waals surface area contributed by atoms with Crippen molar-refractivity contribution in [3.63, 3.8) is 0 Å². The molecule has 1 N–H and O–H groups in total. The second-order valence-corrected chi connectivity index (χ2v) is 6.47. The molecule has 0 saturated carbocycles. The number of carbonyl (C=O) groups excluding carboxylic acids is 1. The van der Waals surface area contributed by atoms with E-state index in [1.54, 1.807) is 30.3 Å². The number of amides is 1. The molecule has 1 amide bonds. The van der Waals surface area contributed by atoms with Gasteiger partial charge in [0.05, 0.1) is 5.75 Å². The zero-order valence-corrected chi connectivity index (χ0v) is 14.7. The van der Waals surface area contributed by atoms with Crippen molar-refractivity contribution in [1.82, 2.24) is 10.2 Å². The summed E-state index contributed by atoms with van der Waals surface area (Å²) in [5.74, 6) is -0.313. The van der Waals surface area contributed by atoms with E-state index in [9.17, 15) is 9.18 Å². The molecule has 2 aromatic carbocycles. The van der Waals surface area contributed by atoms with E-state index in [0.717, 1.165) is 17.3 Å². The molecule has 0 spiro atoms. The van der Waals surface area contributed by atoms with E-state index in [2.05, 4.69) is 15.5 Å². The van der Waals surface area contributed by atoms with Crippen molar-refractivity contribution in [2.75, 3.05) is 11.1 Å². The van der Waals surface area contributed by atoms with Crippen LogP contribution in [-0.4, -0.2) is 21.9 Å². The Morgan fingerprint density at radius 3 is 2.88 bits per heavy atom. The summed E-state index contributed by atoms with van der Waals surface area (Å²) < 4.78 is 18.7. The van der Waals surface area contributed by atoms with Gasteiger partial charge >= 0.3 is 0 Å². The molecule has 128 valence electrons. The quantitative estimate of drug-likeness (QED) is 0.660. The van der Waals surface area contributed by atoms with Gasteiger partial charge in [-0.3, -0.25) is 4.79 Å². The molecular weight excluding hydrogens is 365 g/mol. The molecule has 25 heavy (non-hydrogen) atoms. The topological polar surface area (TPSA) is 68.0 Å². The maximum Gasteiger partial charge on any atom is 0.277 e. The van der Waals surface area contributed by atoms with Crippen molar-refractivity contribution >= 4 is 35.0 Å². The van der Waals surface area contributed by atoms with Gasteiger partial charge in [0.1, 0.15) is 5.82 Å². The number of rotatable bonds is 5. The number of aromatic nitrogens is 2. The van der Waals surface area contributed by atoms with Crippen molar-refractivity contribution in [3.05, 3.63) is 58.9 Å². The molecule has 0 aliphatic heterocycles. The van der Waals surface area contributed by atoms with Crippen molar-refractivity contribution in [2.24, 2.45) is 0 Å². The van der Waals surface area contributed by atoms with E-state index in [-0.39, 0.29) is 28.6 Å². The number of nitrogens with one attached hydrogen (secondary N) is 1. The number of nitrogens with zero attached hydrogens (tertiary/aromatic N) is 2. The predicted molar refractivity (Wildman–Crippen MR) is 95.2 cm³/mol. The molecule has 0 saturated heterocycles. The van der Waals surface area contributed by atoms with Crippen LogP contribution in [0.2, 0.25) is 5.02 Å². The first-order valence-electron chi connectivity index (χ1n) is 7.30. The fraction of sp³-hybridized carbons (Fsp3) is 0.118. The van der Waals surface area contributed by atoms with E-state index in [4.69, 9.17) is 16.0 Å². The van der Waals surface area contributed by atoms with Gasteiger partial charge in [-0.1, -0.05) is 35.5 Å². The summed E-state index contributed by atoms with van der Waals surface area (Å²) in [7, 11) is 0. The fourth-order valence-corrected chi connectivity index (χ4v) is 2.80. The molecule has 8 heteroatoms. The maximum atomic E-state index is 13.2. The number of hydrogen-bond donors (Lipinski definition) is 1. The Bertz CT molecular complexity index is 916. The molecule has 3 aromatic rings. The van der Waals surface area contributed by atoms with Gasteiger partial charge in [0.25, 0.3) is 5.22 Å². The Hall–Kier alpha value is -2.38. The van der Waals surface area contributed by atoms with E-state index >= 15 is 0 Å². The van der Waals surface area contributed by atoms with Crippen LogP contribution in [0.3, 0.4) is 0 Å². The first-order valence-corrected chi connectivity index (χ1v) is 8.66. The van der Waals surface area contributed by atoms with E-state index in [1.165, 1.54) is 12.1 Å². The lowest BCUT2D eigenvalue weighted by Gasteiger charge is -2.08. The van der Waals surface area contributed by atoms with Gasteiger partial charge in [0, 0.05) is 16.3 Å². The van der Waals surface area contributed by atoms with Crippen LogP contribution >= 0.6 is 23.4 Å². The van der Waals surface area contributed by atoms with Gasteiger partial charge in [0.15, 0.2) is 0 Å². The minimum atomic E-state index is -0.388. The number of benzene rings is 2. The standard InChI is InChI=1S/C17H13ClFN3O2S/c1-10-13(18)6-3-7-14(10)20-15(23)9-25-17-22-21-16(24-17)11-4-2-5-12(19)8-11/h2-8H,9H2,1H3,(H,20,23). The third-order valence-corrected chi connectivity index (χ3v) is 4.57. The Morgan fingerprint density at radius 2 is 2.08 bits per heavy atom. The van der Waals surface area contributed by atoms with Crippen molar-refractivity contribution in [1.29, 1.82) is 0 Å². The summed E-state index contributed by atoms with van der Waals surface area (Å²) in [4.78, 5) is 12.1. The Morgan fingerprint density at radius 1 is 1.28 bits per heavy atom. The van der Waals surface area contributed by atoms with Crippen LogP contribution in [0.15, 0.2) is 52.1 Å². The zero-order chi connectivity index (χ0) is 17.8. The van der Waals surface area contributed by atoms with E-state index in [1.807, 2.05) is 6.92 Å². The molecule has 5 nitrogen and oxygen atoms in total. The lowest BCUT2D eigenvalue weighted by atomic mass is 10.2. The number of carbonyl (C=O) groups is 1. The molecule has 0 aliphatic rings. The summed E-state index contributed by atoms with van der Waals surface area (Å²) in [6.45, 7) is 1.83. The summed E-state index contributed by atoms with van der Waals surface area (Å²) >= 11 is 7.12. The molecule has 1 heterocycles. The monoisotopic (exact) mass is 377 g/mol. The molecule has 0 aliphatic carbocycles. The Labute approximate surface area is 152 Å². The SMILES string of the molecule is Cc1c(Cl)cccc1NC(=O)CSc1nnc(-c2cccc(F)c2)o1. The Kier molecular flexibility index (Phi) is 5.35. The van der Waals surface area contributed by atoms with Crippen molar-refractivity contribution in [3.8, 4) is 11.5 Å². The van der Waals surface area contributed by atoms with Gasteiger partial charge in [-0.05, 0) is 42.8 Å². The third kappa shape index (κ3) is 4.37. The second-order valence-electron chi connectivity index (χ2n) is 5.13. The zero-order valence-electron chi connectivity index (χ0n) is 13.1. The normalized spacial score (nSPS) is 10.7. The minimum absolute atomic E-state index is 0.0940. The number of anilines is 1. The molecular formula is C17H13ClFN3O2S. The average Bonchev–Trinajstić information content (AvgIpc) is 3.06. The highest BCUT2D eigenvalue weighted by molar-refractivity contribution is 7.99. The highest BCUT2D eigenvalue weighted by atomic mass is 35.5. The molecule has 0 unspecified atom stereocenters. The first-order chi connectivity index (χ1) is 12.0. The predicted octanol–water partition coefficient (Wildman–Crippen LogP) is 4.57. The van der Waals surface area contributed by atoms with Crippen LogP contribution in [0, 0.1) is 12.7 Å². The summed E-state index contributed by atoms with van der Waals surface area (Å²) in [5.41, 5.74) is 1.94. The van der Waals surface area contributed by atoms with Crippen LogP contribution < -0.4 is 5.32 Å². The van der Waals surface area contributed by atoms with Crippen molar-refractivity contribution < 1.29 is 13.6 Å². The highest BCUT2D eigenvalue weighted by Gasteiger charge is 2.12. The van der Waals surface area contributed by atoms with Gasteiger partial charge < -0.3 is 9.73 Å². The van der Waals surface area contributed by atoms with Gasteiger partial charge in [-0.15, -0.1) is 10.2 Å². The van der Waals surface area contributed by atoms with Gasteiger partial charge in [-0.2, -0.15) is 0 Å².